The summed E-state index contributed by atoms with van der Waals surface area (Å²) in [6.07, 6.45) is 5.88. The van der Waals surface area contributed by atoms with Gasteiger partial charge in [-0.15, -0.1) is 0 Å². The summed E-state index contributed by atoms with van der Waals surface area (Å²) >= 11 is 0. The van der Waals surface area contributed by atoms with Crippen LogP contribution in [0.5, 0.6) is 0 Å². The molecule has 5 rings (SSSR count). The lowest BCUT2D eigenvalue weighted by atomic mass is 9.71. The highest BCUT2D eigenvalue weighted by atomic mass is 19.1. The minimum absolute atomic E-state index is 0.0289. The number of carbonyl (C=O) groups is 2. The van der Waals surface area contributed by atoms with Crippen LogP contribution in [0.15, 0.2) is 48.7 Å². The van der Waals surface area contributed by atoms with E-state index in [1.54, 1.807) is 30.5 Å². The largest absolute Gasteiger partial charge is 0.481 e. The van der Waals surface area contributed by atoms with Crippen molar-refractivity contribution in [2.75, 3.05) is 6.54 Å². The average Bonchev–Trinajstić information content (AvgIpc) is 3.27. The van der Waals surface area contributed by atoms with Crippen molar-refractivity contribution in [2.24, 2.45) is 11.8 Å². The second kappa shape index (κ2) is 9.20. The van der Waals surface area contributed by atoms with Crippen molar-refractivity contribution < 1.29 is 23.5 Å². The fourth-order valence-corrected chi connectivity index (χ4v) is 6.11. The molecule has 2 N–H and O–H groups in total. The lowest BCUT2D eigenvalue weighted by Crippen LogP contribution is -2.54. The molecule has 178 valence electrons. The summed E-state index contributed by atoms with van der Waals surface area (Å²) in [5, 5.41) is 10.1. The van der Waals surface area contributed by atoms with E-state index >= 15 is 0 Å². The third-order valence-electron chi connectivity index (χ3n) is 7.73. The molecule has 4 atom stereocenters. The molecule has 5 nitrogen and oxygen atoms in total. The molecule has 1 amide bonds. The number of halogens is 2. The number of aromatic nitrogens is 1. The summed E-state index contributed by atoms with van der Waals surface area (Å²) in [6.45, 7) is 0.412. The van der Waals surface area contributed by atoms with E-state index in [0.717, 1.165) is 31.2 Å². The van der Waals surface area contributed by atoms with E-state index in [1.807, 2.05) is 4.90 Å². The minimum Gasteiger partial charge on any atom is -0.481 e. The van der Waals surface area contributed by atoms with Crippen LogP contribution < -0.4 is 0 Å². The minimum atomic E-state index is -0.776. The van der Waals surface area contributed by atoms with E-state index in [-0.39, 0.29) is 35.9 Å². The van der Waals surface area contributed by atoms with Gasteiger partial charge < -0.3 is 15.0 Å². The molecule has 2 heterocycles. The van der Waals surface area contributed by atoms with Crippen LogP contribution in [-0.2, 0) is 9.59 Å². The van der Waals surface area contributed by atoms with E-state index in [2.05, 4.69) is 4.98 Å². The smallest absolute Gasteiger partial charge is 0.306 e. The van der Waals surface area contributed by atoms with Crippen LogP contribution in [0.25, 0.3) is 10.9 Å². The Labute approximate surface area is 196 Å². The van der Waals surface area contributed by atoms with Crippen LogP contribution in [0.1, 0.15) is 55.6 Å². The first-order chi connectivity index (χ1) is 16.4. The number of carbonyl (C=O) groups excluding carboxylic acids is 1. The Morgan fingerprint density at radius 2 is 1.82 bits per heavy atom. The number of carboxylic acids is 1. The van der Waals surface area contributed by atoms with Gasteiger partial charge in [-0.1, -0.05) is 31.0 Å². The van der Waals surface area contributed by atoms with Crippen LogP contribution in [0.2, 0.25) is 0 Å². The molecule has 1 aliphatic carbocycles. The van der Waals surface area contributed by atoms with Gasteiger partial charge in [0.15, 0.2) is 0 Å². The van der Waals surface area contributed by atoms with Crippen molar-refractivity contribution in [3.05, 3.63) is 71.4 Å². The van der Waals surface area contributed by atoms with Gasteiger partial charge in [0.1, 0.15) is 11.6 Å². The molecule has 0 bridgehead atoms. The van der Waals surface area contributed by atoms with Crippen molar-refractivity contribution in [3.63, 3.8) is 0 Å². The summed E-state index contributed by atoms with van der Waals surface area (Å²) in [6, 6.07) is 10.7. The molecule has 0 spiro atoms. The first-order valence-corrected chi connectivity index (χ1v) is 12.0. The molecule has 1 saturated heterocycles. The molecule has 34 heavy (non-hydrogen) atoms. The number of aliphatic carboxylic acids is 1. The van der Waals surface area contributed by atoms with Crippen molar-refractivity contribution in [1.82, 2.24) is 9.88 Å². The van der Waals surface area contributed by atoms with E-state index in [0.29, 0.717) is 29.4 Å². The summed E-state index contributed by atoms with van der Waals surface area (Å²) in [5.41, 5.74) is 2.04. The SMILES string of the molecule is O=C(O)C1CCN(C(=O)C[C@@H](c2ccc(F)cc2)c2c[nH]c3cccc(F)c23)C2CCCCC12. The molecule has 1 aliphatic heterocycles. The highest BCUT2D eigenvalue weighted by Crippen LogP contribution is 2.41. The Morgan fingerprint density at radius 3 is 2.59 bits per heavy atom. The second-order valence-electron chi connectivity index (χ2n) is 9.55. The van der Waals surface area contributed by atoms with Gasteiger partial charge in [-0.3, -0.25) is 9.59 Å². The van der Waals surface area contributed by atoms with Gasteiger partial charge in [-0.05, 0) is 60.6 Å². The Bertz CT molecular complexity index is 1210. The third kappa shape index (κ3) is 4.08. The summed E-state index contributed by atoms with van der Waals surface area (Å²) in [5.74, 6) is -2.49. The maximum Gasteiger partial charge on any atom is 0.306 e. The number of benzene rings is 2. The fraction of sp³-hybridized carbons (Fsp3) is 0.407. The van der Waals surface area contributed by atoms with Crippen LogP contribution in [0, 0.1) is 23.5 Å². The standard InChI is InChI=1S/C27H28F2N2O3/c28-17-10-8-16(9-11-17)20(21-15-30-23-6-3-5-22(29)26(21)23)14-25(32)31-13-12-19(27(33)34)18-4-1-2-7-24(18)31/h3,5-6,8-11,15,18-20,24,30H,1-2,4,7,12-14H2,(H,33,34)/t18?,19?,20-,24?/m0/s1. The molecule has 2 fully saturated rings. The number of fused-ring (bicyclic) bond motifs is 2. The Balaban J connectivity index is 1.48. The zero-order valence-corrected chi connectivity index (χ0v) is 18.8. The first-order valence-electron chi connectivity index (χ1n) is 12.0. The summed E-state index contributed by atoms with van der Waals surface area (Å²) < 4.78 is 28.5. The van der Waals surface area contributed by atoms with Crippen molar-refractivity contribution in [3.8, 4) is 0 Å². The van der Waals surface area contributed by atoms with E-state index < -0.39 is 17.8 Å². The molecule has 2 aromatic carbocycles. The van der Waals surface area contributed by atoms with E-state index in [9.17, 15) is 23.5 Å². The lowest BCUT2D eigenvalue weighted by molar-refractivity contribution is -0.153. The first kappa shape index (κ1) is 22.6. The zero-order valence-electron chi connectivity index (χ0n) is 18.8. The molecular formula is C27H28F2N2O3. The quantitative estimate of drug-likeness (QED) is 0.524. The normalized spacial score (nSPS) is 23.5. The number of likely N-dealkylation sites (tertiary alicyclic amines) is 1. The predicted octanol–water partition coefficient (Wildman–Crippen LogP) is 5.46. The van der Waals surface area contributed by atoms with E-state index in [1.165, 1.54) is 18.2 Å². The Morgan fingerprint density at radius 1 is 1.06 bits per heavy atom. The summed E-state index contributed by atoms with van der Waals surface area (Å²) in [4.78, 5) is 30.5. The van der Waals surface area contributed by atoms with Gasteiger partial charge in [0.05, 0.1) is 5.92 Å². The Hall–Kier alpha value is -3.22. The monoisotopic (exact) mass is 466 g/mol. The molecule has 3 unspecified atom stereocenters. The zero-order chi connectivity index (χ0) is 23.8. The third-order valence-corrected chi connectivity index (χ3v) is 7.73. The molecular weight excluding hydrogens is 438 g/mol. The molecule has 0 radical (unpaired) electrons. The number of carboxylic acid groups (broad SMARTS) is 1. The molecule has 1 aromatic heterocycles. The fourth-order valence-electron chi connectivity index (χ4n) is 6.11. The highest BCUT2D eigenvalue weighted by Gasteiger charge is 2.44. The van der Waals surface area contributed by atoms with E-state index in [4.69, 9.17) is 0 Å². The van der Waals surface area contributed by atoms with Gasteiger partial charge >= 0.3 is 5.97 Å². The number of aromatic amines is 1. The number of H-pyrrole nitrogens is 1. The van der Waals surface area contributed by atoms with Crippen LogP contribution in [-0.4, -0.2) is 39.5 Å². The number of piperidine rings is 1. The summed E-state index contributed by atoms with van der Waals surface area (Å²) in [7, 11) is 0. The Kier molecular flexibility index (Phi) is 6.11. The maximum absolute atomic E-state index is 14.8. The lowest BCUT2D eigenvalue weighted by Gasteiger charge is -2.47. The van der Waals surface area contributed by atoms with Crippen LogP contribution in [0.4, 0.5) is 8.78 Å². The van der Waals surface area contributed by atoms with Gasteiger partial charge in [0.2, 0.25) is 5.91 Å². The number of rotatable bonds is 5. The number of nitrogens with one attached hydrogen (secondary N) is 1. The predicted molar refractivity (Wildman–Crippen MR) is 124 cm³/mol. The van der Waals surface area contributed by atoms with Crippen molar-refractivity contribution in [2.45, 2.75) is 50.5 Å². The molecule has 3 aromatic rings. The maximum atomic E-state index is 14.8. The van der Waals surface area contributed by atoms with Gasteiger partial charge in [0.25, 0.3) is 0 Å². The van der Waals surface area contributed by atoms with Crippen molar-refractivity contribution in [1.29, 1.82) is 0 Å². The molecule has 2 aliphatic rings. The van der Waals surface area contributed by atoms with Gasteiger partial charge in [-0.2, -0.15) is 0 Å². The molecule has 1 saturated carbocycles. The number of amides is 1. The number of nitrogens with zero attached hydrogens (tertiary/aromatic N) is 1. The average molecular weight is 467 g/mol. The topological polar surface area (TPSA) is 73.4 Å². The van der Waals surface area contributed by atoms with Crippen LogP contribution in [0.3, 0.4) is 0 Å². The van der Waals surface area contributed by atoms with Crippen LogP contribution >= 0.6 is 0 Å². The molecule has 7 heteroatoms. The second-order valence-corrected chi connectivity index (χ2v) is 9.55. The van der Waals surface area contributed by atoms with Crippen molar-refractivity contribution >= 4 is 22.8 Å². The van der Waals surface area contributed by atoms with Gasteiger partial charge in [-0.25, -0.2) is 8.78 Å². The number of hydrogen-bond donors (Lipinski definition) is 2. The van der Waals surface area contributed by atoms with Gasteiger partial charge in [0, 0.05) is 42.0 Å². The number of hydrogen-bond acceptors (Lipinski definition) is 2. The highest BCUT2D eigenvalue weighted by molar-refractivity contribution is 5.86.